The van der Waals surface area contributed by atoms with Crippen LogP contribution in [0.3, 0.4) is 0 Å². The molecule has 0 radical (unpaired) electrons. The summed E-state index contributed by atoms with van der Waals surface area (Å²) in [7, 11) is 0.240. The highest BCUT2D eigenvalue weighted by Gasteiger charge is 2.17. The summed E-state index contributed by atoms with van der Waals surface area (Å²) in [4.78, 5) is 2.43. The molecule has 0 N–H and O–H groups in total. The second-order valence-corrected chi connectivity index (χ2v) is 0.963. The van der Waals surface area contributed by atoms with E-state index in [-0.39, 0.29) is 7.69 Å². The molecule has 1 aliphatic rings. The molecule has 0 amide bonds. The van der Waals surface area contributed by atoms with E-state index in [1.807, 2.05) is 0 Å². The van der Waals surface area contributed by atoms with Crippen LogP contribution in [0, 0.1) is 0 Å². The molecule has 0 aromatic heterocycles. The highest BCUT2D eigenvalue weighted by Crippen LogP contribution is 2.03. The summed E-state index contributed by atoms with van der Waals surface area (Å²) in [5.41, 5.74) is 7.70. The molecule has 1 aliphatic heterocycles. The van der Waals surface area contributed by atoms with E-state index in [2.05, 4.69) is 19.3 Å². The summed E-state index contributed by atoms with van der Waals surface area (Å²) in [6.07, 6.45) is -0.662. The Labute approximate surface area is 40.2 Å². The Bertz CT molecular complexity index is 106. The summed E-state index contributed by atoms with van der Waals surface area (Å²) >= 11 is 0. The smallest absolute Gasteiger partial charge is 0.385 e. The standard InChI is InChI=1S/CH2BN3O2/c3-5-4-1-6-2-7-1/h1-2H. The van der Waals surface area contributed by atoms with Crippen LogP contribution in [-0.4, -0.2) is 14.1 Å². The van der Waals surface area contributed by atoms with Gasteiger partial charge < -0.3 is 9.31 Å². The summed E-state index contributed by atoms with van der Waals surface area (Å²) in [5.74, 6) is 0. The molecule has 36 valence electrons. The first-order chi connectivity index (χ1) is 3.43. The van der Waals surface area contributed by atoms with Crippen LogP contribution in [-0.2, 0) is 9.31 Å². The number of rotatable bonds is 1. The fourth-order valence-corrected chi connectivity index (χ4v) is 0.238. The van der Waals surface area contributed by atoms with Gasteiger partial charge in [0, 0.05) is 4.91 Å². The zero-order valence-electron chi connectivity index (χ0n) is 3.44. The van der Waals surface area contributed by atoms with E-state index in [1.54, 1.807) is 0 Å². The molecule has 1 rings (SSSR count). The zero-order valence-corrected chi connectivity index (χ0v) is 3.44. The SMILES string of the molecule is [N-]=[N+]=NC1OBO1. The fraction of sp³-hybridized carbons (Fsp3) is 1.00. The van der Waals surface area contributed by atoms with Gasteiger partial charge in [0.15, 0.2) is 0 Å². The van der Waals surface area contributed by atoms with Crippen molar-refractivity contribution < 1.29 is 9.31 Å². The molecule has 6 heteroatoms. The first-order valence-electron chi connectivity index (χ1n) is 1.71. The first-order valence-corrected chi connectivity index (χ1v) is 1.71. The summed E-state index contributed by atoms with van der Waals surface area (Å²) < 4.78 is 9.06. The molecule has 5 nitrogen and oxygen atoms in total. The topological polar surface area (TPSA) is 67.2 Å². The van der Waals surface area contributed by atoms with Gasteiger partial charge in [0.2, 0.25) is 6.41 Å². The van der Waals surface area contributed by atoms with E-state index in [1.165, 1.54) is 0 Å². The Morgan fingerprint density at radius 1 is 1.71 bits per heavy atom. The quantitative estimate of drug-likeness (QED) is 0.199. The number of azide groups is 1. The maximum Gasteiger partial charge on any atom is 0.441 e. The molecule has 0 unspecified atom stereocenters. The number of hydrogen-bond acceptors (Lipinski definition) is 3. The van der Waals surface area contributed by atoms with Gasteiger partial charge in [0.25, 0.3) is 0 Å². The molecule has 7 heavy (non-hydrogen) atoms. The highest BCUT2D eigenvalue weighted by atomic mass is 16.8. The lowest BCUT2D eigenvalue weighted by Crippen LogP contribution is -2.31. The number of hydrogen-bond donors (Lipinski definition) is 0. The zero-order chi connectivity index (χ0) is 5.11. The van der Waals surface area contributed by atoms with Crippen molar-refractivity contribution >= 4 is 7.69 Å². The van der Waals surface area contributed by atoms with Gasteiger partial charge in [0.1, 0.15) is 0 Å². The summed E-state index contributed by atoms with van der Waals surface area (Å²) in [5, 5.41) is 3.07. The predicted octanol–water partition coefficient (Wildman–Crippen LogP) is -0.106. The van der Waals surface area contributed by atoms with Crippen LogP contribution in [0.1, 0.15) is 0 Å². The molecule has 0 aromatic carbocycles. The van der Waals surface area contributed by atoms with Crippen LogP contribution in [0.4, 0.5) is 0 Å². The van der Waals surface area contributed by atoms with Crippen molar-refractivity contribution in [3.8, 4) is 0 Å². The molecular weight excluding hydrogens is 96.8 g/mol. The van der Waals surface area contributed by atoms with Gasteiger partial charge in [0.05, 0.1) is 0 Å². The summed E-state index contributed by atoms with van der Waals surface area (Å²) in [6, 6.07) is 0. The molecule has 1 heterocycles. The molecule has 0 spiro atoms. The van der Waals surface area contributed by atoms with E-state index in [0.717, 1.165) is 0 Å². The molecule has 0 aromatic rings. The normalized spacial score (nSPS) is 18.9. The van der Waals surface area contributed by atoms with E-state index < -0.39 is 6.41 Å². The van der Waals surface area contributed by atoms with Gasteiger partial charge in [-0.1, -0.05) is 0 Å². The lowest BCUT2D eigenvalue weighted by Gasteiger charge is -2.20. The van der Waals surface area contributed by atoms with Crippen LogP contribution in [0.15, 0.2) is 5.11 Å². The monoisotopic (exact) mass is 99.0 g/mol. The Balaban J connectivity index is 2.27. The van der Waals surface area contributed by atoms with E-state index >= 15 is 0 Å². The van der Waals surface area contributed by atoms with Crippen molar-refractivity contribution in [1.82, 2.24) is 0 Å². The Hall–Kier alpha value is -0.705. The van der Waals surface area contributed by atoms with Crippen molar-refractivity contribution in [2.24, 2.45) is 5.11 Å². The Morgan fingerprint density at radius 3 is 2.57 bits per heavy atom. The third-order valence-electron chi connectivity index (χ3n) is 0.567. The average molecular weight is 98.9 g/mol. The van der Waals surface area contributed by atoms with Gasteiger partial charge in [-0.25, -0.2) is 0 Å². The van der Waals surface area contributed by atoms with Crippen molar-refractivity contribution in [3.63, 3.8) is 0 Å². The van der Waals surface area contributed by atoms with Crippen LogP contribution >= 0.6 is 0 Å². The maximum atomic E-state index is 7.70. The molecule has 0 saturated carbocycles. The van der Waals surface area contributed by atoms with Crippen LogP contribution in [0.2, 0.25) is 0 Å². The third kappa shape index (κ3) is 0.835. The van der Waals surface area contributed by atoms with Gasteiger partial charge in [-0.3, -0.25) is 0 Å². The van der Waals surface area contributed by atoms with Gasteiger partial charge in [-0.2, -0.15) is 0 Å². The van der Waals surface area contributed by atoms with Crippen molar-refractivity contribution in [3.05, 3.63) is 10.4 Å². The third-order valence-corrected chi connectivity index (χ3v) is 0.567. The van der Waals surface area contributed by atoms with Gasteiger partial charge in [-0.15, -0.1) is 0 Å². The highest BCUT2D eigenvalue weighted by molar-refractivity contribution is 6.20. The minimum Gasteiger partial charge on any atom is -0.385 e. The Kier molecular flexibility index (Phi) is 1.17. The van der Waals surface area contributed by atoms with E-state index in [4.69, 9.17) is 5.53 Å². The van der Waals surface area contributed by atoms with Crippen LogP contribution in [0.25, 0.3) is 10.4 Å². The lowest BCUT2D eigenvalue weighted by molar-refractivity contribution is -0.0895. The van der Waals surface area contributed by atoms with Crippen molar-refractivity contribution in [2.75, 3.05) is 0 Å². The predicted molar refractivity (Wildman–Crippen MR) is 22.3 cm³/mol. The van der Waals surface area contributed by atoms with Crippen molar-refractivity contribution in [2.45, 2.75) is 6.41 Å². The molecule has 0 bridgehead atoms. The number of nitrogens with zero attached hydrogens (tertiary/aromatic N) is 3. The minimum absolute atomic E-state index is 0.240. The molecule has 1 saturated heterocycles. The second kappa shape index (κ2) is 1.84. The average Bonchev–Trinajstić information content (AvgIpc) is 1.55. The Morgan fingerprint density at radius 2 is 2.43 bits per heavy atom. The van der Waals surface area contributed by atoms with Crippen molar-refractivity contribution in [1.29, 1.82) is 0 Å². The van der Waals surface area contributed by atoms with Crippen LogP contribution < -0.4 is 0 Å². The van der Waals surface area contributed by atoms with Gasteiger partial charge in [-0.05, 0) is 10.6 Å². The maximum absolute atomic E-state index is 7.70. The van der Waals surface area contributed by atoms with E-state index in [0.29, 0.717) is 0 Å². The first kappa shape index (κ1) is 4.45. The largest absolute Gasteiger partial charge is 0.441 e. The summed E-state index contributed by atoms with van der Waals surface area (Å²) in [6.45, 7) is 0. The second-order valence-electron chi connectivity index (χ2n) is 0.963. The lowest BCUT2D eigenvalue weighted by atomic mass is 10.3. The molecule has 1 fully saturated rings. The molecular formula is CH2BN3O2. The molecule has 0 atom stereocenters. The molecule has 0 aliphatic carbocycles. The minimum atomic E-state index is -0.662. The fourth-order valence-electron chi connectivity index (χ4n) is 0.238. The van der Waals surface area contributed by atoms with Crippen LogP contribution in [0.5, 0.6) is 0 Å². The van der Waals surface area contributed by atoms with Gasteiger partial charge >= 0.3 is 7.69 Å². The van der Waals surface area contributed by atoms with E-state index in [9.17, 15) is 0 Å².